The molecule has 0 aromatic heterocycles. The molecule has 4 heteroatoms. The zero-order valence-corrected chi connectivity index (χ0v) is 14.3. The van der Waals surface area contributed by atoms with Crippen molar-refractivity contribution in [3.63, 3.8) is 0 Å². The highest BCUT2D eigenvalue weighted by molar-refractivity contribution is 5.78. The Balaban J connectivity index is 1.44. The summed E-state index contributed by atoms with van der Waals surface area (Å²) in [6.07, 6.45) is 6.72. The molecule has 0 radical (unpaired) electrons. The molecule has 1 aliphatic heterocycles. The Morgan fingerprint density at radius 3 is 2.77 bits per heavy atom. The molecule has 3 rings (SSSR count). The monoisotopic (exact) mass is 307 g/mol. The van der Waals surface area contributed by atoms with Gasteiger partial charge in [0.25, 0.3) is 0 Å². The van der Waals surface area contributed by atoms with E-state index in [1.807, 2.05) is 0 Å². The Labute approximate surface area is 135 Å². The fourth-order valence-corrected chi connectivity index (χ4v) is 5.19. The highest BCUT2D eigenvalue weighted by Crippen LogP contribution is 2.49. The van der Waals surface area contributed by atoms with E-state index < -0.39 is 0 Å². The van der Waals surface area contributed by atoms with Crippen LogP contribution in [0, 0.1) is 29.6 Å². The van der Waals surface area contributed by atoms with Gasteiger partial charge in [0.15, 0.2) is 0 Å². The predicted octanol–water partition coefficient (Wildman–Crippen LogP) is 1.84. The van der Waals surface area contributed by atoms with E-state index in [2.05, 4.69) is 24.1 Å². The number of nitrogens with two attached hydrogens (primary N) is 1. The number of nitrogens with one attached hydrogen (secondary N) is 1. The molecule has 0 aromatic rings. The lowest BCUT2D eigenvalue weighted by molar-refractivity contribution is -0.123. The first-order valence-corrected chi connectivity index (χ1v) is 9.28. The number of fused-ring (bicyclic) bond motifs is 2. The van der Waals surface area contributed by atoms with E-state index in [1.54, 1.807) is 0 Å². The minimum absolute atomic E-state index is 0.209. The third-order valence-electron chi connectivity index (χ3n) is 6.69. The van der Waals surface area contributed by atoms with Crippen LogP contribution in [0.25, 0.3) is 0 Å². The molecule has 3 N–H and O–H groups in total. The molecule has 6 unspecified atom stereocenters. The first-order chi connectivity index (χ1) is 10.6. The summed E-state index contributed by atoms with van der Waals surface area (Å²) in [5, 5.41) is 3.29. The molecule has 1 heterocycles. The van der Waals surface area contributed by atoms with E-state index in [0.29, 0.717) is 24.4 Å². The Bertz CT molecular complexity index is 400. The van der Waals surface area contributed by atoms with Gasteiger partial charge in [0, 0.05) is 12.6 Å². The van der Waals surface area contributed by atoms with Gasteiger partial charge in [-0.2, -0.15) is 0 Å². The highest BCUT2D eigenvalue weighted by atomic mass is 16.2. The summed E-state index contributed by atoms with van der Waals surface area (Å²) in [6, 6.07) is 0.344. The molecule has 3 fully saturated rings. The second-order valence-corrected chi connectivity index (χ2v) is 8.19. The Morgan fingerprint density at radius 1 is 1.32 bits per heavy atom. The minimum atomic E-state index is 0.209. The molecular weight excluding hydrogens is 274 g/mol. The SMILES string of the molecule is CC1CCN(CC(=O)NC(C)C2CC3CCC2C3)CC1CN. The summed E-state index contributed by atoms with van der Waals surface area (Å²) >= 11 is 0. The number of nitrogens with zero attached hydrogens (tertiary/aromatic N) is 1. The summed E-state index contributed by atoms with van der Waals surface area (Å²) in [4.78, 5) is 14.7. The number of carbonyl (C=O) groups is 1. The lowest BCUT2D eigenvalue weighted by Gasteiger charge is -2.36. The topological polar surface area (TPSA) is 58.4 Å². The molecule has 2 aliphatic carbocycles. The van der Waals surface area contributed by atoms with Gasteiger partial charge in [0.2, 0.25) is 5.91 Å². The van der Waals surface area contributed by atoms with Crippen LogP contribution in [0.5, 0.6) is 0 Å². The molecule has 126 valence electrons. The molecule has 1 amide bonds. The van der Waals surface area contributed by atoms with E-state index in [9.17, 15) is 4.79 Å². The van der Waals surface area contributed by atoms with Gasteiger partial charge in [0.1, 0.15) is 0 Å². The molecule has 0 aromatic carbocycles. The maximum Gasteiger partial charge on any atom is 0.234 e. The molecule has 2 saturated carbocycles. The summed E-state index contributed by atoms with van der Waals surface area (Å²) in [6.45, 7) is 7.80. The van der Waals surface area contributed by atoms with E-state index >= 15 is 0 Å². The largest absolute Gasteiger partial charge is 0.352 e. The third kappa shape index (κ3) is 3.48. The lowest BCUT2D eigenvalue weighted by Crippen LogP contribution is -2.49. The number of piperidine rings is 1. The fourth-order valence-electron chi connectivity index (χ4n) is 5.19. The highest BCUT2D eigenvalue weighted by Gasteiger charge is 2.42. The molecular formula is C18H33N3O. The van der Waals surface area contributed by atoms with E-state index in [0.717, 1.165) is 43.8 Å². The first-order valence-electron chi connectivity index (χ1n) is 9.28. The van der Waals surface area contributed by atoms with Crippen LogP contribution in [0.4, 0.5) is 0 Å². The number of hydrogen-bond donors (Lipinski definition) is 2. The molecule has 6 atom stereocenters. The van der Waals surface area contributed by atoms with Crippen LogP contribution in [0.3, 0.4) is 0 Å². The summed E-state index contributed by atoms with van der Waals surface area (Å²) in [5.41, 5.74) is 5.86. The van der Waals surface area contributed by atoms with Crippen molar-refractivity contribution in [2.75, 3.05) is 26.2 Å². The van der Waals surface area contributed by atoms with Crippen LogP contribution >= 0.6 is 0 Å². The van der Waals surface area contributed by atoms with E-state index in [1.165, 1.54) is 25.7 Å². The average Bonchev–Trinajstić information content (AvgIpc) is 3.12. The maximum absolute atomic E-state index is 12.4. The van der Waals surface area contributed by atoms with Crippen molar-refractivity contribution in [1.82, 2.24) is 10.2 Å². The van der Waals surface area contributed by atoms with E-state index in [-0.39, 0.29) is 5.91 Å². The average molecular weight is 307 g/mol. The van der Waals surface area contributed by atoms with Gasteiger partial charge >= 0.3 is 0 Å². The van der Waals surface area contributed by atoms with Crippen molar-refractivity contribution in [3.05, 3.63) is 0 Å². The van der Waals surface area contributed by atoms with Gasteiger partial charge in [-0.1, -0.05) is 13.3 Å². The van der Waals surface area contributed by atoms with Crippen molar-refractivity contribution in [2.24, 2.45) is 35.3 Å². The lowest BCUT2D eigenvalue weighted by atomic mass is 9.84. The van der Waals surface area contributed by atoms with Gasteiger partial charge in [0.05, 0.1) is 6.54 Å². The molecule has 4 nitrogen and oxygen atoms in total. The van der Waals surface area contributed by atoms with Crippen molar-refractivity contribution >= 4 is 5.91 Å². The summed E-state index contributed by atoms with van der Waals surface area (Å²) in [5.74, 6) is 3.99. The van der Waals surface area contributed by atoms with Crippen molar-refractivity contribution in [2.45, 2.75) is 52.0 Å². The number of rotatable bonds is 5. The maximum atomic E-state index is 12.4. The second-order valence-electron chi connectivity index (χ2n) is 8.19. The zero-order chi connectivity index (χ0) is 15.7. The van der Waals surface area contributed by atoms with E-state index in [4.69, 9.17) is 5.73 Å². The standard InChI is InChI=1S/C18H33N3O/c1-12-5-6-21(10-16(12)9-19)11-18(22)20-13(2)17-8-14-3-4-15(17)7-14/h12-17H,3-11,19H2,1-2H3,(H,20,22). The second kappa shape index (κ2) is 6.88. The fraction of sp³-hybridized carbons (Fsp3) is 0.944. The van der Waals surface area contributed by atoms with Gasteiger partial charge in [-0.05, 0) is 75.3 Å². The molecule has 2 bridgehead atoms. The van der Waals surface area contributed by atoms with Gasteiger partial charge in [-0.25, -0.2) is 0 Å². The molecule has 1 saturated heterocycles. The van der Waals surface area contributed by atoms with Crippen molar-refractivity contribution in [3.8, 4) is 0 Å². The van der Waals surface area contributed by atoms with Crippen LogP contribution in [0.15, 0.2) is 0 Å². The third-order valence-corrected chi connectivity index (χ3v) is 6.69. The zero-order valence-electron chi connectivity index (χ0n) is 14.3. The Hall–Kier alpha value is -0.610. The predicted molar refractivity (Wildman–Crippen MR) is 89.3 cm³/mol. The van der Waals surface area contributed by atoms with Crippen LogP contribution in [-0.2, 0) is 4.79 Å². The van der Waals surface area contributed by atoms with Crippen LogP contribution < -0.4 is 11.1 Å². The van der Waals surface area contributed by atoms with Crippen LogP contribution in [0.2, 0.25) is 0 Å². The molecule has 0 spiro atoms. The summed E-state index contributed by atoms with van der Waals surface area (Å²) in [7, 11) is 0. The number of carbonyl (C=O) groups excluding carboxylic acids is 1. The quantitative estimate of drug-likeness (QED) is 0.815. The van der Waals surface area contributed by atoms with Gasteiger partial charge in [-0.15, -0.1) is 0 Å². The van der Waals surface area contributed by atoms with Crippen LogP contribution in [0.1, 0.15) is 46.0 Å². The molecule has 3 aliphatic rings. The molecule has 22 heavy (non-hydrogen) atoms. The van der Waals surface area contributed by atoms with Crippen molar-refractivity contribution in [1.29, 1.82) is 0 Å². The normalized spacial score (nSPS) is 39.9. The van der Waals surface area contributed by atoms with Gasteiger partial charge < -0.3 is 11.1 Å². The van der Waals surface area contributed by atoms with Crippen LogP contribution in [-0.4, -0.2) is 43.0 Å². The Morgan fingerprint density at radius 2 is 2.14 bits per heavy atom. The first kappa shape index (κ1) is 16.3. The number of amides is 1. The Kier molecular flexibility index (Phi) is 5.08. The smallest absolute Gasteiger partial charge is 0.234 e. The minimum Gasteiger partial charge on any atom is -0.352 e. The number of hydrogen-bond acceptors (Lipinski definition) is 3. The van der Waals surface area contributed by atoms with Crippen molar-refractivity contribution < 1.29 is 4.79 Å². The summed E-state index contributed by atoms with van der Waals surface area (Å²) < 4.78 is 0. The number of likely N-dealkylation sites (tertiary alicyclic amines) is 1. The van der Waals surface area contributed by atoms with Gasteiger partial charge in [-0.3, -0.25) is 9.69 Å².